The molecule has 0 aliphatic heterocycles. The third-order valence-electron chi connectivity index (χ3n) is 4.02. The molecule has 0 saturated carbocycles. The summed E-state index contributed by atoms with van der Waals surface area (Å²) in [5.41, 5.74) is 1.41. The number of hydrogen-bond acceptors (Lipinski definition) is 4. The largest absolute Gasteiger partial charge is 0.416 e. The second kappa shape index (κ2) is 7.65. The Hall–Kier alpha value is -3.10. The van der Waals surface area contributed by atoms with Gasteiger partial charge in [-0.15, -0.1) is 0 Å². The van der Waals surface area contributed by atoms with Crippen LogP contribution in [0.4, 0.5) is 19.0 Å². The summed E-state index contributed by atoms with van der Waals surface area (Å²) in [6.07, 6.45) is 0.936. The van der Waals surface area contributed by atoms with Crippen LogP contribution in [-0.2, 0) is 17.5 Å². The van der Waals surface area contributed by atoms with Crippen molar-refractivity contribution >= 4 is 17.4 Å². The van der Waals surface area contributed by atoms with Gasteiger partial charge in [0.05, 0.1) is 17.5 Å². The zero-order valence-electron chi connectivity index (χ0n) is 14.5. The lowest BCUT2D eigenvalue weighted by atomic mass is 10.1. The van der Waals surface area contributed by atoms with Crippen molar-refractivity contribution in [2.24, 2.45) is 0 Å². The molecule has 0 aliphatic rings. The van der Waals surface area contributed by atoms with E-state index in [1.54, 1.807) is 18.6 Å². The number of imidazole rings is 1. The minimum atomic E-state index is -4.36. The minimum Gasteiger partial charge on any atom is -0.369 e. The van der Waals surface area contributed by atoms with Crippen molar-refractivity contribution in [2.45, 2.75) is 26.1 Å². The van der Waals surface area contributed by atoms with Crippen molar-refractivity contribution in [3.8, 4) is 0 Å². The first-order valence-corrected chi connectivity index (χ1v) is 8.30. The Bertz CT molecular complexity index is 934. The van der Waals surface area contributed by atoms with Crippen LogP contribution in [0.15, 0.2) is 42.9 Å². The number of carbonyl (C=O) groups is 1. The molecule has 0 saturated heterocycles. The third-order valence-corrected chi connectivity index (χ3v) is 4.02. The monoisotopic (exact) mass is 377 g/mol. The Morgan fingerprint density at radius 1 is 1.22 bits per heavy atom. The van der Waals surface area contributed by atoms with E-state index in [0.29, 0.717) is 17.8 Å². The number of amides is 1. The Balaban J connectivity index is 1.48. The SMILES string of the molecule is Cc1nc2cnccn2c1NCCC(=O)NCc1ccc(C(F)(F)F)cc1. The van der Waals surface area contributed by atoms with E-state index in [0.717, 1.165) is 23.6 Å². The van der Waals surface area contributed by atoms with Gasteiger partial charge < -0.3 is 10.6 Å². The molecule has 0 radical (unpaired) electrons. The number of rotatable bonds is 6. The van der Waals surface area contributed by atoms with Crippen molar-refractivity contribution < 1.29 is 18.0 Å². The Kier molecular flexibility index (Phi) is 5.29. The maximum absolute atomic E-state index is 12.5. The van der Waals surface area contributed by atoms with Crippen LogP contribution in [0.3, 0.4) is 0 Å². The van der Waals surface area contributed by atoms with E-state index in [4.69, 9.17) is 0 Å². The molecule has 9 heteroatoms. The lowest BCUT2D eigenvalue weighted by Crippen LogP contribution is -2.25. The van der Waals surface area contributed by atoms with Gasteiger partial charge in [-0.05, 0) is 24.6 Å². The average molecular weight is 377 g/mol. The van der Waals surface area contributed by atoms with Gasteiger partial charge in [-0.3, -0.25) is 14.2 Å². The minimum absolute atomic E-state index is 0.178. The standard InChI is InChI=1S/C18H18F3N5O/c1-12-17(26-9-8-22-11-15(26)25-12)23-7-6-16(27)24-10-13-2-4-14(5-3-13)18(19,20)21/h2-5,8-9,11,23H,6-7,10H2,1H3,(H,24,27). The van der Waals surface area contributed by atoms with Crippen molar-refractivity contribution in [1.82, 2.24) is 19.7 Å². The molecule has 2 N–H and O–H groups in total. The molecule has 2 heterocycles. The zero-order chi connectivity index (χ0) is 19.4. The van der Waals surface area contributed by atoms with E-state index in [-0.39, 0.29) is 18.9 Å². The number of halogens is 3. The summed E-state index contributed by atoms with van der Waals surface area (Å²) in [6, 6.07) is 4.73. The molecule has 6 nitrogen and oxygen atoms in total. The van der Waals surface area contributed by atoms with Crippen LogP contribution in [0, 0.1) is 6.92 Å². The Morgan fingerprint density at radius 3 is 2.67 bits per heavy atom. The van der Waals surface area contributed by atoms with Crippen LogP contribution < -0.4 is 10.6 Å². The van der Waals surface area contributed by atoms with Crippen molar-refractivity contribution in [3.05, 3.63) is 59.7 Å². The number of hydrogen-bond donors (Lipinski definition) is 2. The molecule has 3 aromatic rings. The summed E-state index contributed by atoms with van der Waals surface area (Å²) in [5, 5.41) is 5.87. The van der Waals surface area contributed by atoms with Gasteiger partial charge in [-0.2, -0.15) is 13.2 Å². The average Bonchev–Trinajstić information content (AvgIpc) is 2.95. The number of nitrogens with one attached hydrogen (secondary N) is 2. The lowest BCUT2D eigenvalue weighted by Gasteiger charge is -2.09. The fourth-order valence-corrected chi connectivity index (χ4v) is 2.63. The summed E-state index contributed by atoms with van der Waals surface area (Å²) >= 11 is 0. The first kappa shape index (κ1) is 18.7. The number of nitrogens with zero attached hydrogens (tertiary/aromatic N) is 3. The molecule has 2 aromatic heterocycles. The third kappa shape index (κ3) is 4.55. The van der Waals surface area contributed by atoms with E-state index >= 15 is 0 Å². The highest BCUT2D eigenvalue weighted by Crippen LogP contribution is 2.29. The van der Waals surface area contributed by atoms with E-state index < -0.39 is 11.7 Å². The van der Waals surface area contributed by atoms with E-state index in [9.17, 15) is 18.0 Å². The summed E-state index contributed by atoms with van der Waals surface area (Å²) in [7, 11) is 0. The van der Waals surface area contributed by atoms with Gasteiger partial charge in [0.15, 0.2) is 5.65 Å². The van der Waals surface area contributed by atoms with Gasteiger partial charge in [0, 0.05) is 31.9 Å². The maximum Gasteiger partial charge on any atom is 0.416 e. The summed E-state index contributed by atoms with van der Waals surface area (Å²) in [6.45, 7) is 2.44. The first-order valence-electron chi connectivity index (χ1n) is 8.30. The van der Waals surface area contributed by atoms with E-state index in [1.165, 1.54) is 12.1 Å². The molecule has 27 heavy (non-hydrogen) atoms. The normalized spacial score (nSPS) is 11.6. The van der Waals surface area contributed by atoms with Gasteiger partial charge in [0.1, 0.15) is 5.82 Å². The predicted molar refractivity (Wildman–Crippen MR) is 94.1 cm³/mol. The van der Waals surface area contributed by atoms with Gasteiger partial charge in [-0.1, -0.05) is 12.1 Å². The Labute approximate surface area is 153 Å². The van der Waals surface area contributed by atoms with Crippen molar-refractivity contribution in [2.75, 3.05) is 11.9 Å². The molecule has 0 bridgehead atoms. The molecule has 0 fully saturated rings. The molecule has 0 aliphatic carbocycles. The summed E-state index contributed by atoms with van der Waals surface area (Å²) in [5.74, 6) is 0.596. The summed E-state index contributed by atoms with van der Waals surface area (Å²) in [4.78, 5) is 20.3. The van der Waals surface area contributed by atoms with Crippen LogP contribution in [0.1, 0.15) is 23.2 Å². The second-order valence-electron chi connectivity index (χ2n) is 6.00. The van der Waals surface area contributed by atoms with E-state index in [2.05, 4.69) is 20.6 Å². The maximum atomic E-state index is 12.5. The molecule has 1 amide bonds. The topological polar surface area (TPSA) is 71.3 Å². The van der Waals surface area contributed by atoms with Crippen LogP contribution in [-0.4, -0.2) is 26.8 Å². The number of carbonyl (C=O) groups excluding carboxylic acids is 1. The highest BCUT2D eigenvalue weighted by molar-refractivity contribution is 5.76. The molecule has 0 atom stereocenters. The lowest BCUT2D eigenvalue weighted by molar-refractivity contribution is -0.137. The second-order valence-corrected chi connectivity index (χ2v) is 6.00. The van der Waals surface area contributed by atoms with E-state index in [1.807, 2.05) is 11.3 Å². The van der Waals surface area contributed by atoms with Gasteiger partial charge in [0.2, 0.25) is 5.91 Å². The molecule has 1 aromatic carbocycles. The fourth-order valence-electron chi connectivity index (χ4n) is 2.63. The number of alkyl halides is 3. The molecule has 0 unspecified atom stereocenters. The molecular formula is C18H18F3N5O. The fraction of sp³-hybridized carbons (Fsp3) is 0.278. The summed E-state index contributed by atoms with van der Waals surface area (Å²) < 4.78 is 39.4. The number of anilines is 1. The van der Waals surface area contributed by atoms with Gasteiger partial charge >= 0.3 is 6.18 Å². The quantitative estimate of drug-likeness (QED) is 0.692. The number of fused-ring (bicyclic) bond motifs is 1. The number of benzene rings is 1. The predicted octanol–water partition coefficient (Wildman–Crippen LogP) is 3.17. The zero-order valence-corrected chi connectivity index (χ0v) is 14.5. The highest BCUT2D eigenvalue weighted by Gasteiger charge is 2.29. The highest BCUT2D eigenvalue weighted by atomic mass is 19.4. The molecule has 3 rings (SSSR count). The smallest absolute Gasteiger partial charge is 0.369 e. The first-order chi connectivity index (χ1) is 12.8. The number of aryl methyl sites for hydroxylation is 1. The van der Waals surface area contributed by atoms with Crippen LogP contribution >= 0.6 is 0 Å². The molecule has 142 valence electrons. The van der Waals surface area contributed by atoms with Crippen LogP contribution in [0.2, 0.25) is 0 Å². The number of aromatic nitrogens is 3. The van der Waals surface area contributed by atoms with Crippen molar-refractivity contribution in [3.63, 3.8) is 0 Å². The van der Waals surface area contributed by atoms with Crippen LogP contribution in [0.25, 0.3) is 5.65 Å². The van der Waals surface area contributed by atoms with Crippen LogP contribution in [0.5, 0.6) is 0 Å². The molecule has 0 spiro atoms. The van der Waals surface area contributed by atoms with Crippen molar-refractivity contribution in [1.29, 1.82) is 0 Å². The van der Waals surface area contributed by atoms with Gasteiger partial charge in [-0.25, -0.2) is 4.98 Å². The van der Waals surface area contributed by atoms with Gasteiger partial charge in [0.25, 0.3) is 0 Å². The Morgan fingerprint density at radius 2 is 1.96 bits per heavy atom. The molecular weight excluding hydrogens is 359 g/mol.